The monoisotopic (exact) mass is 455 g/mol. The summed E-state index contributed by atoms with van der Waals surface area (Å²) < 4.78 is 0. The molecule has 3 aliphatic carbocycles. The third kappa shape index (κ3) is 2.43. The molecule has 2 bridgehead atoms. The van der Waals surface area contributed by atoms with Crippen LogP contribution in [0, 0.1) is 11.8 Å². The van der Waals surface area contributed by atoms with Crippen LogP contribution in [0.5, 0.6) is 0 Å². The Morgan fingerprint density at radius 2 is 1.17 bits per heavy atom. The van der Waals surface area contributed by atoms with E-state index >= 15 is 0 Å². The van der Waals surface area contributed by atoms with Crippen LogP contribution < -0.4 is 4.90 Å². The highest BCUT2D eigenvalue weighted by molar-refractivity contribution is 6.24. The lowest BCUT2D eigenvalue weighted by molar-refractivity contribution is -0.128. The minimum atomic E-state index is -1.17. The summed E-state index contributed by atoms with van der Waals surface area (Å²) in [4.78, 5) is 42.3. The summed E-state index contributed by atoms with van der Waals surface area (Å²) in [5, 5.41) is 0. The van der Waals surface area contributed by atoms with Crippen molar-refractivity contribution in [2.24, 2.45) is 11.8 Å². The van der Waals surface area contributed by atoms with E-state index in [2.05, 4.69) is 0 Å². The van der Waals surface area contributed by atoms with Gasteiger partial charge in [-0.05, 0) is 45.5 Å². The van der Waals surface area contributed by atoms with Crippen LogP contribution in [0.25, 0.3) is 11.1 Å². The Bertz CT molecular complexity index is 1480. The van der Waals surface area contributed by atoms with Crippen molar-refractivity contribution in [3.05, 3.63) is 125 Å². The molecule has 4 aromatic carbocycles. The Kier molecular flexibility index (Phi) is 4.07. The molecule has 1 fully saturated rings. The number of imide groups is 1. The minimum absolute atomic E-state index is 0.229. The first-order valence-electron chi connectivity index (χ1n) is 11.9. The molecule has 2 atom stereocenters. The van der Waals surface area contributed by atoms with E-state index in [1.54, 1.807) is 0 Å². The molecule has 4 nitrogen and oxygen atoms in total. The molecule has 0 N–H and O–H groups in total. The molecule has 2 amide bonds. The van der Waals surface area contributed by atoms with Gasteiger partial charge in [-0.25, -0.2) is 4.90 Å². The average Bonchev–Trinajstić information content (AvgIpc) is 3.20. The van der Waals surface area contributed by atoms with Crippen LogP contribution in [0.15, 0.2) is 103 Å². The first kappa shape index (κ1) is 20.1. The molecule has 1 saturated heterocycles. The largest absolute Gasteiger partial charge is 0.302 e. The third-order valence-electron chi connectivity index (χ3n) is 8.10. The highest BCUT2D eigenvalue weighted by Crippen LogP contribution is 2.63. The van der Waals surface area contributed by atoms with Gasteiger partial charge >= 0.3 is 0 Å². The highest BCUT2D eigenvalue weighted by atomic mass is 16.2. The van der Waals surface area contributed by atoms with Gasteiger partial charge in [0.1, 0.15) is 6.29 Å². The average molecular weight is 456 g/mol. The van der Waals surface area contributed by atoms with E-state index in [-0.39, 0.29) is 17.7 Å². The maximum atomic E-state index is 14.0. The second kappa shape index (κ2) is 7.09. The molecule has 0 radical (unpaired) electrons. The van der Waals surface area contributed by atoms with Crippen LogP contribution >= 0.6 is 0 Å². The molecule has 168 valence electrons. The molecule has 4 heteroatoms. The number of carbonyl (C=O) groups is 3. The van der Waals surface area contributed by atoms with Crippen LogP contribution in [0.1, 0.15) is 28.2 Å². The molecule has 1 aliphatic heterocycles. The van der Waals surface area contributed by atoms with Gasteiger partial charge in [0.15, 0.2) is 0 Å². The number of hydrogen-bond donors (Lipinski definition) is 0. The summed E-state index contributed by atoms with van der Waals surface area (Å²) in [6.45, 7) is 0. The molecular weight excluding hydrogens is 434 g/mol. The Morgan fingerprint density at radius 1 is 0.629 bits per heavy atom. The van der Waals surface area contributed by atoms with E-state index < -0.39 is 17.3 Å². The molecule has 4 aliphatic rings. The Labute approximate surface area is 202 Å². The maximum Gasteiger partial charge on any atom is 0.239 e. The smallest absolute Gasteiger partial charge is 0.239 e. The maximum absolute atomic E-state index is 14.0. The van der Waals surface area contributed by atoms with E-state index in [0.717, 1.165) is 39.7 Å². The van der Waals surface area contributed by atoms with Gasteiger partial charge in [0.25, 0.3) is 0 Å². The van der Waals surface area contributed by atoms with Crippen molar-refractivity contribution in [2.45, 2.75) is 11.3 Å². The van der Waals surface area contributed by atoms with Gasteiger partial charge in [0, 0.05) is 5.92 Å². The summed E-state index contributed by atoms with van der Waals surface area (Å²) in [6.07, 6.45) is 0.908. The number of aldehydes is 1. The summed E-state index contributed by atoms with van der Waals surface area (Å²) in [5.74, 6) is -2.14. The van der Waals surface area contributed by atoms with Crippen LogP contribution in [0.2, 0.25) is 0 Å². The number of carbonyl (C=O) groups excluding carboxylic acids is 3. The zero-order chi connectivity index (χ0) is 23.7. The van der Waals surface area contributed by atoms with Crippen LogP contribution in [0.3, 0.4) is 0 Å². The summed E-state index contributed by atoms with van der Waals surface area (Å²) in [6, 6.07) is 33.1. The standard InChI is InChI=1S/C31H21NO3/c33-18-31-24-12-6-4-10-22(24)26(23-11-5-7-13-25(23)31)27-28(31)30(35)32(29(27)34)21-16-14-20(15-17-21)19-8-2-1-3-9-19/h1-18,26-28H/t26?,27-,28-,31?/m0/s1. The van der Waals surface area contributed by atoms with Crippen molar-refractivity contribution in [1.82, 2.24) is 0 Å². The van der Waals surface area contributed by atoms with Crippen molar-refractivity contribution in [1.29, 1.82) is 0 Å². The lowest BCUT2D eigenvalue weighted by Crippen LogP contribution is -2.54. The Hall–Kier alpha value is -4.31. The van der Waals surface area contributed by atoms with Gasteiger partial charge in [-0.3, -0.25) is 9.59 Å². The van der Waals surface area contributed by atoms with E-state index in [9.17, 15) is 14.4 Å². The fourth-order valence-corrected chi connectivity index (χ4v) is 6.72. The molecule has 8 rings (SSSR count). The first-order chi connectivity index (χ1) is 17.2. The number of nitrogens with zero attached hydrogens (tertiary/aromatic N) is 1. The normalized spacial score (nSPS) is 25.7. The molecule has 35 heavy (non-hydrogen) atoms. The second-order valence-corrected chi connectivity index (χ2v) is 9.57. The number of rotatable bonds is 3. The summed E-state index contributed by atoms with van der Waals surface area (Å²) in [7, 11) is 0. The predicted molar refractivity (Wildman–Crippen MR) is 133 cm³/mol. The van der Waals surface area contributed by atoms with Gasteiger partial charge in [-0.15, -0.1) is 0 Å². The Morgan fingerprint density at radius 3 is 1.77 bits per heavy atom. The van der Waals surface area contributed by atoms with Crippen molar-refractivity contribution < 1.29 is 14.4 Å². The van der Waals surface area contributed by atoms with Gasteiger partial charge < -0.3 is 4.79 Å². The quantitative estimate of drug-likeness (QED) is 0.319. The first-order valence-corrected chi connectivity index (χ1v) is 11.9. The molecule has 0 unspecified atom stereocenters. The minimum Gasteiger partial charge on any atom is -0.302 e. The Balaban J connectivity index is 1.39. The van der Waals surface area contributed by atoms with Crippen molar-refractivity contribution in [3.8, 4) is 11.1 Å². The molecule has 0 spiro atoms. The summed E-state index contributed by atoms with van der Waals surface area (Å²) in [5.41, 5.74) is 5.10. The van der Waals surface area contributed by atoms with E-state index in [4.69, 9.17) is 0 Å². The van der Waals surface area contributed by atoms with E-state index in [0.29, 0.717) is 5.69 Å². The molecule has 0 aromatic heterocycles. The number of amides is 2. The third-order valence-corrected chi connectivity index (χ3v) is 8.10. The van der Waals surface area contributed by atoms with Crippen molar-refractivity contribution in [3.63, 3.8) is 0 Å². The van der Waals surface area contributed by atoms with Gasteiger partial charge in [-0.1, -0.05) is 91.0 Å². The topological polar surface area (TPSA) is 54.5 Å². The van der Waals surface area contributed by atoms with Crippen molar-refractivity contribution in [2.75, 3.05) is 4.90 Å². The number of benzene rings is 4. The summed E-state index contributed by atoms with van der Waals surface area (Å²) >= 11 is 0. The zero-order valence-corrected chi connectivity index (χ0v) is 18.8. The second-order valence-electron chi connectivity index (χ2n) is 9.57. The fourth-order valence-electron chi connectivity index (χ4n) is 6.72. The van der Waals surface area contributed by atoms with Gasteiger partial charge in [0.2, 0.25) is 11.8 Å². The van der Waals surface area contributed by atoms with Crippen LogP contribution in [0.4, 0.5) is 5.69 Å². The van der Waals surface area contributed by atoms with Crippen LogP contribution in [-0.4, -0.2) is 18.1 Å². The molecular formula is C31H21NO3. The molecule has 4 aromatic rings. The van der Waals surface area contributed by atoms with E-state index in [1.165, 1.54) is 4.90 Å². The van der Waals surface area contributed by atoms with Gasteiger partial charge in [0.05, 0.1) is 22.9 Å². The lowest BCUT2D eigenvalue weighted by atomic mass is 9.48. The molecule has 0 saturated carbocycles. The molecule has 1 heterocycles. The fraction of sp³-hybridized carbons (Fsp3) is 0.129. The van der Waals surface area contributed by atoms with Crippen molar-refractivity contribution >= 4 is 23.8 Å². The van der Waals surface area contributed by atoms with Gasteiger partial charge in [-0.2, -0.15) is 0 Å². The lowest BCUT2D eigenvalue weighted by Gasteiger charge is -2.51. The van der Waals surface area contributed by atoms with E-state index in [1.807, 2.05) is 103 Å². The zero-order valence-electron chi connectivity index (χ0n) is 18.8. The SMILES string of the molecule is O=CC12c3ccccc3C(c3ccccc31)[C@@H]1C(=O)N(c3ccc(-c4ccccc4)cc3)C(=O)[C@H]12. The predicted octanol–water partition coefficient (Wildman–Crippen LogP) is 5.10. The number of hydrogen-bond acceptors (Lipinski definition) is 3. The van der Waals surface area contributed by atoms with Crippen LogP contribution in [-0.2, 0) is 19.8 Å². The highest BCUT2D eigenvalue weighted by Gasteiger charge is 2.68. The number of anilines is 1.